The van der Waals surface area contributed by atoms with Crippen molar-refractivity contribution in [3.05, 3.63) is 40.1 Å². The second-order valence-electron chi connectivity index (χ2n) is 8.89. The molecule has 2 aromatic rings. The summed E-state index contributed by atoms with van der Waals surface area (Å²) >= 11 is 0. The Labute approximate surface area is 183 Å². The molecule has 5 rings (SSSR count). The Hall–Kier alpha value is -2.39. The molecular weight excluding hydrogens is 414 g/mol. The van der Waals surface area contributed by atoms with E-state index >= 15 is 0 Å². The van der Waals surface area contributed by atoms with Crippen LogP contribution < -0.4 is 10.0 Å². The van der Waals surface area contributed by atoms with E-state index in [-0.39, 0.29) is 11.1 Å². The van der Waals surface area contributed by atoms with Gasteiger partial charge in [0, 0.05) is 37.9 Å². The number of nitrogens with one attached hydrogen (secondary N) is 2. The first-order valence-corrected chi connectivity index (χ1v) is 12.6. The van der Waals surface area contributed by atoms with Gasteiger partial charge in [-0.25, -0.2) is 9.52 Å². The maximum atomic E-state index is 12.9. The number of likely N-dealkylation sites (tertiary alicyclic amines) is 1. The SMILES string of the molecule is C[C@@H](c1cc(S(=O)(=O)NC(=O)Nc2c3c(cc4c2CCC4)CCC3)nn1C)N1CCC1. The normalized spacial score (nSPS) is 18.9. The van der Waals surface area contributed by atoms with Crippen LogP contribution in [0.5, 0.6) is 0 Å². The Morgan fingerprint density at radius 2 is 1.68 bits per heavy atom. The van der Waals surface area contributed by atoms with Gasteiger partial charge in [-0.2, -0.15) is 13.5 Å². The average Bonchev–Trinajstić information content (AvgIpc) is 3.38. The summed E-state index contributed by atoms with van der Waals surface area (Å²) in [5.74, 6) is 0. The molecule has 166 valence electrons. The fourth-order valence-corrected chi connectivity index (χ4v) is 6.08. The summed E-state index contributed by atoms with van der Waals surface area (Å²) in [6.07, 6.45) is 7.16. The van der Waals surface area contributed by atoms with Crippen molar-refractivity contribution in [1.82, 2.24) is 19.4 Å². The predicted molar refractivity (Wildman–Crippen MR) is 118 cm³/mol. The Morgan fingerprint density at radius 3 is 2.26 bits per heavy atom. The van der Waals surface area contributed by atoms with Crippen molar-refractivity contribution < 1.29 is 13.2 Å². The highest BCUT2D eigenvalue weighted by Crippen LogP contribution is 2.38. The summed E-state index contributed by atoms with van der Waals surface area (Å²) in [6.45, 7) is 4.05. The number of hydrogen-bond acceptors (Lipinski definition) is 5. The maximum Gasteiger partial charge on any atom is 0.333 e. The van der Waals surface area contributed by atoms with Crippen LogP contribution >= 0.6 is 0 Å². The van der Waals surface area contributed by atoms with Gasteiger partial charge in [0.2, 0.25) is 0 Å². The molecule has 1 aromatic heterocycles. The lowest BCUT2D eigenvalue weighted by atomic mass is 9.99. The number of rotatable bonds is 5. The molecule has 1 atom stereocenters. The van der Waals surface area contributed by atoms with Gasteiger partial charge in [-0.1, -0.05) is 6.07 Å². The molecule has 8 nitrogen and oxygen atoms in total. The lowest BCUT2D eigenvalue weighted by molar-refractivity contribution is 0.123. The fourth-order valence-electron chi connectivity index (χ4n) is 5.17. The largest absolute Gasteiger partial charge is 0.333 e. The lowest BCUT2D eigenvalue weighted by Gasteiger charge is -2.36. The second-order valence-corrected chi connectivity index (χ2v) is 10.5. The van der Waals surface area contributed by atoms with E-state index in [4.69, 9.17) is 0 Å². The van der Waals surface area contributed by atoms with Crippen LogP contribution in [0, 0.1) is 0 Å². The molecule has 9 heteroatoms. The van der Waals surface area contributed by atoms with Crippen LogP contribution in [0.1, 0.15) is 60.2 Å². The number of aromatic nitrogens is 2. The van der Waals surface area contributed by atoms with Crippen molar-refractivity contribution in [2.24, 2.45) is 7.05 Å². The van der Waals surface area contributed by atoms with Gasteiger partial charge in [0.25, 0.3) is 10.0 Å². The third kappa shape index (κ3) is 3.63. The molecule has 3 aliphatic rings. The standard InChI is InChI=1S/C22H29N5O3S/c1-14(27-10-5-11-27)19-13-20(24-26(19)2)31(29,30)25-22(28)23-21-17-8-3-6-15(17)12-16-7-4-9-18(16)21/h12-14H,3-11H2,1-2H3,(H2,23,25,28)/t14-/m0/s1. The van der Waals surface area contributed by atoms with Crippen molar-refractivity contribution in [2.75, 3.05) is 18.4 Å². The number of carbonyl (C=O) groups excluding carboxylic acids is 1. The van der Waals surface area contributed by atoms with Crippen LogP contribution in [0.15, 0.2) is 17.2 Å². The Morgan fingerprint density at radius 1 is 1.03 bits per heavy atom. The van der Waals surface area contributed by atoms with Gasteiger partial charge in [0.1, 0.15) is 0 Å². The van der Waals surface area contributed by atoms with Gasteiger partial charge in [-0.3, -0.25) is 9.58 Å². The summed E-state index contributed by atoms with van der Waals surface area (Å²) < 4.78 is 29.5. The maximum absolute atomic E-state index is 12.9. The number of fused-ring (bicyclic) bond motifs is 2. The molecule has 2 heterocycles. The minimum absolute atomic E-state index is 0.0820. The first kappa shape index (κ1) is 20.5. The Kier molecular flexibility index (Phi) is 5.05. The van der Waals surface area contributed by atoms with E-state index < -0.39 is 16.1 Å². The summed E-state index contributed by atoms with van der Waals surface area (Å²) in [7, 11) is -2.33. The fraction of sp³-hybridized carbons (Fsp3) is 0.545. The van der Waals surface area contributed by atoms with Gasteiger partial charge in [-0.05, 0) is 74.1 Å². The van der Waals surface area contributed by atoms with Gasteiger partial charge in [0.15, 0.2) is 5.03 Å². The molecule has 2 N–H and O–H groups in total. The summed E-state index contributed by atoms with van der Waals surface area (Å²) in [5.41, 5.74) is 6.54. The minimum atomic E-state index is -4.07. The number of carbonyl (C=O) groups is 1. The van der Waals surface area contributed by atoms with Crippen LogP contribution in [0.2, 0.25) is 0 Å². The molecule has 2 aliphatic carbocycles. The van der Waals surface area contributed by atoms with E-state index in [9.17, 15) is 13.2 Å². The van der Waals surface area contributed by atoms with Crippen LogP contribution in [0.25, 0.3) is 0 Å². The quantitative estimate of drug-likeness (QED) is 0.741. The molecule has 1 aromatic carbocycles. The zero-order valence-corrected chi connectivity index (χ0v) is 18.9. The molecule has 1 fully saturated rings. The van der Waals surface area contributed by atoms with E-state index in [2.05, 4.69) is 26.1 Å². The smallest absolute Gasteiger partial charge is 0.307 e. The molecule has 0 saturated carbocycles. The van der Waals surface area contributed by atoms with Crippen molar-refractivity contribution in [3.63, 3.8) is 0 Å². The van der Waals surface area contributed by atoms with Crippen LogP contribution in [0.3, 0.4) is 0 Å². The zero-order valence-electron chi connectivity index (χ0n) is 18.1. The number of hydrogen-bond donors (Lipinski definition) is 2. The number of aryl methyl sites for hydroxylation is 3. The monoisotopic (exact) mass is 443 g/mol. The Balaban J connectivity index is 1.36. The summed E-state index contributed by atoms with van der Waals surface area (Å²) in [6, 6.07) is 3.20. The highest BCUT2D eigenvalue weighted by atomic mass is 32.2. The van der Waals surface area contributed by atoms with E-state index in [0.29, 0.717) is 0 Å². The van der Waals surface area contributed by atoms with E-state index in [1.54, 1.807) is 17.8 Å². The van der Waals surface area contributed by atoms with Crippen LogP contribution in [-0.2, 0) is 42.8 Å². The second kappa shape index (κ2) is 7.63. The van der Waals surface area contributed by atoms with Crippen LogP contribution in [0.4, 0.5) is 10.5 Å². The molecule has 1 saturated heterocycles. The van der Waals surface area contributed by atoms with Gasteiger partial charge in [0.05, 0.1) is 5.69 Å². The number of anilines is 1. The van der Waals surface area contributed by atoms with E-state index in [1.165, 1.54) is 11.1 Å². The van der Waals surface area contributed by atoms with Gasteiger partial charge >= 0.3 is 6.03 Å². The number of urea groups is 1. The van der Waals surface area contributed by atoms with Crippen molar-refractivity contribution in [3.8, 4) is 0 Å². The van der Waals surface area contributed by atoms with Gasteiger partial charge in [-0.15, -0.1) is 0 Å². The number of nitrogens with zero attached hydrogens (tertiary/aromatic N) is 3. The topological polar surface area (TPSA) is 96.3 Å². The van der Waals surface area contributed by atoms with Crippen molar-refractivity contribution in [2.45, 2.75) is 62.9 Å². The van der Waals surface area contributed by atoms with E-state index in [0.717, 1.165) is 80.5 Å². The molecule has 0 bridgehead atoms. The van der Waals surface area contributed by atoms with Crippen molar-refractivity contribution >= 4 is 21.7 Å². The molecule has 31 heavy (non-hydrogen) atoms. The predicted octanol–water partition coefficient (Wildman–Crippen LogP) is 2.67. The lowest BCUT2D eigenvalue weighted by Crippen LogP contribution is -2.39. The first-order valence-electron chi connectivity index (χ1n) is 11.1. The zero-order chi connectivity index (χ0) is 21.8. The average molecular weight is 444 g/mol. The molecule has 0 radical (unpaired) electrons. The van der Waals surface area contributed by atoms with E-state index in [1.807, 2.05) is 6.92 Å². The third-order valence-corrected chi connectivity index (χ3v) is 8.18. The highest BCUT2D eigenvalue weighted by Gasteiger charge is 2.29. The summed E-state index contributed by atoms with van der Waals surface area (Å²) in [5, 5.41) is 6.93. The van der Waals surface area contributed by atoms with Crippen LogP contribution in [-0.4, -0.2) is 42.2 Å². The molecule has 1 aliphatic heterocycles. The number of sulfonamides is 1. The third-order valence-electron chi connectivity index (χ3n) is 6.97. The molecule has 2 amide bonds. The first-order chi connectivity index (χ1) is 14.8. The summed E-state index contributed by atoms with van der Waals surface area (Å²) in [4.78, 5) is 15.0. The Bertz CT molecular complexity index is 1120. The van der Waals surface area contributed by atoms with Gasteiger partial charge < -0.3 is 5.32 Å². The molecule has 0 spiro atoms. The number of amides is 2. The number of benzene rings is 1. The molecule has 0 unspecified atom stereocenters. The molecular formula is C22H29N5O3S. The highest BCUT2D eigenvalue weighted by molar-refractivity contribution is 7.90. The minimum Gasteiger partial charge on any atom is -0.307 e. The van der Waals surface area contributed by atoms with Crippen molar-refractivity contribution in [1.29, 1.82) is 0 Å².